The van der Waals surface area contributed by atoms with Crippen molar-refractivity contribution in [3.05, 3.63) is 69.8 Å². The van der Waals surface area contributed by atoms with Crippen molar-refractivity contribution in [3.8, 4) is 0 Å². The van der Waals surface area contributed by atoms with Gasteiger partial charge in [-0.05, 0) is 29.7 Å². The summed E-state index contributed by atoms with van der Waals surface area (Å²) in [5, 5.41) is 30.4. The third kappa shape index (κ3) is 1.94. The lowest BCUT2D eigenvalue weighted by atomic mass is 9.78. The van der Waals surface area contributed by atoms with Gasteiger partial charge in [-0.15, -0.1) is 0 Å². The average molecular weight is 298 g/mol. The van der Waals surface area contributed by atoms with Crippen molar-refractivity contribution in [2.75, 3.05) is 0 Å². The molecule has 0 saturated heterocycles. The third-order valence-electron chi connectivity index (χ3n) is 4.01. The number of carbonyl (C=O) groups is 2. The van der Waals surface area contributed by atoms with E-state index in [1.165, 1.54) is 19.1 Å². The molecule has 1 aliphatic rings. The molecule has 2 aromatic rings. The molecule has 0 radical (unpaired) electrons. The van der Waals surface area contributed by atoms with E-state index in [1.54, 1.807) is 24.3 Å². The van der Waals surface area contributed by atoms with Crippen molar-refractivity contribution in [1.82, 2.24) is 0 Å². The van der Waals surface area contributed by atoms with Crippen molar-refractivity contribution in [2.24, 2.45) is 0 Å². The smallest absolute Gasteiger partial charge is 0.336 e. The number of aliphatic hydroxyl groups is 2. The van der Waals surface area contributed by atoms with Gasteiger partial charge in [0.15, 0.2) is 5.78 Å². The fraction of sp³-hybridized carbons (Fsp3) is 0.176. The first-order valence-corrected chi connectivity index (χ1v) is 6.79. The Hall–Kier alpha value is -2.50. The van der Waals surface area contributed by atoms with Gasteiger partial charge in [-0.1, -0.05) is 30.3 Å². The van der Waals surface area contributed by atoms with Crippen LogP contribution in [0.2, 0.25) is 0 Å². The molecule has 112 valence electrons. The summed E-state index contributed by atoms with van der Waals surface area (Å²) < 4.78 is 0. The second-order valence-corrected chi connectivity index (χ2v) is 5.29. The standard InChI is InChI=1S/C17H14O5/c1-8(18)13-12(17(21)22)7-6-11-14(13)16(20)10-5-3-2-4-9(10)15(11)19/h2-7,15-16,19-20H,1H3,(H,21,22). The van der Waals surface area contributed by atoms with Gasteiger partial charge in [-0.25, -0.2) is 4.79 Å². The Morgan fingerprint density at radius 3 is 2.05 bits per heavy atom. The molecule has 0 heterocycles. The van der Waals surface area contributed by atoms with E-state index in [4.69, 9.17) is 0 Å². The number of rotatable bonds is 2. The van der Waals surface area contributed by atoms with Crippen LogP contribution in [0.25, 0.3) is 0 Å². The van der Waals surface area contributed by atoms with E-state index >= 15 is 0 Å². The molecular formula is C17H14O5. The number of carboxylic acids is 1. The average Bonchev–Trinajstić information content (AvgIpc) is 2.51. The lowest BCUT2D eigenvalue weighted by Gasteiger charge is -2.30. The molecule has 5 heteroatoms. The molecule has 0 amide bonds. The van der Waals surface area contributed by atoms with Crippen LogP contribution >= 0.6 is 0 Å². The maximum absolute atomic E-state index is 12.0. The van der Waals surface area contributed by atoms with Gasteiger partial charge in [0, 0.05) is 11.1 Å². The highest BCUT2D eigenvalue weighted by atomic mass is 16.4. The van der Waals surface area contributed by atoms with Gasteiger partial charge in [0.05, 0.1) is 5.56 Å². The molecule has 0 saturated carbocycles. The van der Waals surface area contributed by atoms with Crippen LogP contribution in [-0.4, -0.2) is 27.1 Å². The highest BCUT2D eigenvalue weighted by Gasteiger charge is 2.34. The molecule has 1 aliphatic carbocycles. The van der Waals surface area contributed by atoms with E-state index < -0.39 is 24.0 Å². The first-order chi connectivity index (χ1) is 10.4. The quantitative estimate of drug-likeness (QED) is 0.738. The third-order valence-corrected chi connectivity index (χ3v) is 4.01. The van der Waals surface area contributed by atoms with Gasteiger partial charge in [-0.3, -0.25) is 4.79 Å². The number of fused-ring (bicyclic) bond motifs is 2. The Labute approximate surface area is 126 Å². The molecule has 3 N–H and O–H groups in total. The highest BCUT2D eigenvalue weighted by Crippen LogP contribution is 2.43. The van der Waals surface area contributed by atoms with Gasteiger partial charge in [0.2, 0.25) is 0 Å². The largest absolute Gasteiger partial charge is 0.478 e. The van der Waals surface area contributed by atoms with E-state index in [2.05, 4.69) is 0 Å². The Morgan fingerprint density at radius 1 is 0.909 bits per heavy atom. The number of ketones is 1. The molecule has 5 nitrogen and oxygen atoms in total. The molecule has 2 atom stereocenters. The second-order valence-electron chi connectivity index (χ2n) is 5.29. The number of hydrogen-bond acceptors (Lipinski definition) is 4. The molecule has 2 aromatic carbocycles. The van der Waals surface area contributed by atoms with E-state index in [0.717, 1.165) is 0 Å². The first-order valence-electron chi connectivity index (χ1n) is 6.79. The normalized spacial score (nSPS) is 19.2. The van der Waals surface area contributed by atoms with Crippen molar-refractivity contribution in [1.29, 1.82) is 0 Å². The molecule has 0 bridgehead atoms. The SMILES string of the molecule is CC(=O)c1c(C(=O)O)ccc2c1C(O)c1ccccc1C2O. The summed E-state index contributed by atoms with van der Waals surface area (Å²) in [7, 11) is 0. The van der Waals surface area contributed by atoms with Gasteiger partial charge in [-0.2, -0.15) is 0 Å². The number of carboxylic acid groups (broad SMARTS) is 1. The summed E-state index contributed by atoms with van der Waals surface area (Å²) in [6.45, 7) is 1.25. The minimum atomic E-state index is -1.24. The van der Waals surface area contributed by atoms with E-state index in [-0.39, 0.29) is 16.7 Å². The van der Waals surface area contributed by atoms with Gasteiger partial charge in [0.25, 0.3) is 0 Å². The number of hydrogen-bond donors (Lipinski definition) is 3. The lowest BCUT2D eigenvalue weighted by molar-refractivity contribution is 0.0691. The number of benzene rings is 2. The zero-order chi connectivity index (χ0) is 16.0. The predicted molar refractivity (Wildman–Crippen MR) is 78.0 cm³/mol. The summed E-state index contributed by atoms with van der Waals surface area (Å²) in [4.78, 5) is 23.3. The van der Waals surface area contributed by atoms with Crippen molar-refractivity contribution >= 4 is 11.8 Å². The monoisotopic (exact) mass is 298 g/mol. The Balaban J connectivity index is 2.35. The molecular weight excluding hydrogens is 284 g/mol. The van der Waals surface area contributed by atoms with Crippen LogP contribution in [0.5, 0.6) is 0 Å². The fourth-order valence-electron chi connectivity index (χ4n) is 3.06. The molecule has 3 rings (SSSR count). The zero-order valence-corrected chi connectivity index (χ0v) is 11.8. The van der Waals surface area contributed by atoms with E-state index in [9.17, 15) is 24.9 Å². The topological polar surface area (TPSA) is 94.8 Å². The number of aromatic carboxylic acids is 1. The number of carbonyl (C=O) groups excluding carboxylic acids is 1. The minimum Gasteiger partial charge on any atom is -0.478 e. The molecule has 0 spiro atoms. The molecule has 0 aromatic heterocycles. The molecule has 2 unspecified atom stereocenters. The first kappa shape index (κ1) is 14.4. The summed E-state index contributed by atoms with van der Waals surface area (Å²) in [5.41, 5.74) is 1.36. The van der Waals surface area contributed by atoms with Gasteiger partial charge in [0.1, 0.15) is 12.2 Å². The zero-order valence-electron chi connectivity index (χ0n) is 11.8. The molecule has 22 heavy (non-hydrogen) atoms. The Bertz CT molecular complexity index is 794. The van der Waals surface area contributed by atoms with Crippen molar-refractivity contribution < 1.29 is 24.9 Å². The summed E-state index contributed by atoms with van der Waals surface area (Å²) in [6.07, 6.45) is -2.15. The molecule has 0 fully saturated rings. The van der Waals surface area contributed by atoms with Crippen LogP contribution in [0, 0.1) is 0 Å². The van der Waals surface area contributed by atoms with E-state index in [1.807, 2.05) is 0 Å². The fourth-order valence-corrected chi connectivity index (χ4v) is 3.06. The summed E-state index contributed by atoms with van der Waals surface area (Å²) >= 11 is 0. The van der Waals surface area contributed by atoms with Crippen LogP contribution in [0.4, 0.5) is 0 Å². The Morgan fingerprint density at radius 2 is 1.50 bits per heavy atom. The summed E-state index contributed by atoms with van der Waals surface area (Å²) in [6, 6.07) is 9.57. The maximum atomic E-state index is 12.0. The van der Waals surface area contributed by atoms with Gasteiger partial charge >= 0.3 is 5.97 Å². The van der Waals surface area contributed by atoms with Crippen LogP contribution in [-0.2, 0) is 0 Å². The maximum Gasteiger partial charge on any atom is 0.336 e. The lowest BCUT2D eigenvalue weighted by Crippen LogP contribution is -2.23. The second kappa shape index (κ2) is 5.05. The summed E-state index contributed by atoms with van der Waals surface area (Å²) in [5.74, 6) is -1.70. The Kier molecular flexibility index (Phi) is 3.31. The van der Waals surface area contributed by atoms with Crippen LogP contribution in [0.3, 0.4) is 0 Å². The van der Waals surface area contributed by atoms with Crippen LogP contribution in [0.1, 0.15) is 62.1 Å². The number of Topliss-reactive ketones (excluding diaryl/α,β-unsaturated/α-hetero) is 1. The van der Waals surface area contributed by atoms with Crippen LogP contribution in [0.15, 0.2) is 36.4 Å². The van der Waals surface area contributed by atoms with Crippen molar-refractivity contribution in [2.45, 2.75) is 19.1 Å². The van der Waals surface area contributed by atoms with Gasteiger partial charge < -0.3 is 15.3 Å². The highest BCUT2D eigenvalue weighted by molar-refractivity contribution is 6.06. The van der Waals surface area contributed by atoms with E-state index in [0.29, 0.717) is 16.7 Å². The predicted octanol–water partition coefficient (Wildman–Crippen LogP) is 2.06. The number of aliphatic hydroxyl groups excluding tert-OH is 2. The molecule has 0 aliphatic heterocycles. The minimum absolute atomic E-state index is 0.0500. The van der Waals surface area contributed by atoms with Crippen LogP contribution < -0.4 is 0 Å². The van der Waals surface area contributed by atoms with Crippen molar-refractivity contribution in [3.63, 3.8) is 0 Å².